The standard InChI is InChI=1S/C9H7FN2/c1-6(12)7-2-3-8(5-11)9(10)4-7/h2-4H,1,12H2. The summed E-state index contributed by atoms with van der Waals surface area (Å²) in [6.45, 7) is 3.45. The lowest BCUT2D eigenvalue weighted by Crippen LogP contribution is -1.95. The first-order valence-electron chi connectivity index (χ1n) is 3.29. The average molecular weight is 162 g/mol. The molecule has 12 heavy (non-hydrogen) atoms. The van der Waals surface area contributed by atoms with Crippen LogP contribution in [0.3, 0.4) is 0 Å². The lowest BCUT2D eigenvalue weighted by molar-refractivity contribution is 0.623. The second-order valence-electron chi connectivity index (χ2n) is 2.33. The van der Waals surface area contributed by atoms with Crippen molar-refractivity contribution in [3.05, 3.63) is 41.7 Å². The van der Waals surface area contributed by atoms with E-state index in [-0.39, 0.29) is 5.56 Å². The average Bonchev–Trinajstić information content (AvgIpc) is 2.04. The fourth-order valence-corrected chi connectivity index (χ4v) is 0.806. The molecule has 0 aromatic heterocycles. The minimum Gasteiger partial charge on any atom is -0.399 e. The number of nitriles is 1. The highest BCUT2D eigenvalue weighted by molar-refractivity contribution is 5.61. The van der Waals surface area contributed by atoms with Crippen molar-refractivity contribution in [1.82, 2.24) is 0 Å². The molecule has 60 valence electrons. The van der Waals surface area contributed by atoms with E-state index in [0.29, 0.717) is 11.3 Å². The van der Waals surface area contributed by atoms with E-state index >= 15 is 0 Å². The van der Waals surface area contributed by atoms with Crippen molar-refractivity contribution in [1.29, 1.82) is 5.26 Å². The molecule has 0 atom stereocenters. The van der Waals surface area contributed by atoms with Crippen molar-refractivity contribution in [3.63, 3.8) is 0 Å². The quantitative estimate of drug-likeness (QED) is 0.682. The van der Waals surface area contributed by atoms with Gasteiger partial charge in [0.2, 0.25) is 0 Å². The van der Waals surface area contributed by atoms with Crippen LogP contribution in [-0.4, -0.2) is 0 Å². The Balaban J connectivity index is 3.21. The molecule has 2 nitrogen and oxygen atoms in total. The summed E-state index contributed by atoms with van der Waals surface area (Å²) in [5, 5.41) is 8.40. The fourth-order valence-electron chi connectivity index (χ4n) is 0.806. The first-order valence-corrected chi connectivity index (χ1v) is 3.29. The minimum atomic E-state index is -0.568. The molecule has 0 saturated carbocycles. The number of hydrogen-bond acceptors (Lipinski definition) is 2. The van der Waals surface area contributed by atoms with Crippen LogP contribution in [0.5, 0.6) is 0 Å². The van der Waals surface area contributed by atoms with Crippen molar-refractivity contribution in [2.24, 2.45) is 5.73 Å². The maximum atomic E-state index is 12.9. The van der Waals surface area contributed by atoms with E-state index in [1.807, 2.05) is 0 Å². The van der Waals surface area contributed by atoms with Crippen molar-refractivity contribution < 1.29 is 4.39 Å². The molecule has 1 aromatic carbocycles. The smallest absolute Gasteiger partial charge is 0.141 e. The number of halogens is 1. The van der Waals surface area contributed by atoms with E-state index in [0.717, 1.165) is 0 Å². The number of nitrogens with two attached hydrogens (primary N) is 1. The molecule has 0 radical (unpaired) electrons. The molecule has 2 N–H and O–H groups in total. The Kier molecular flexibility index (Phi) is 2.11. The van der Waals surface area contributed by atoms with Gasteiger partial charge in [0.1, 0.15) is 11.9 Å². The molecule has 0 amide bonds. The van der Waals surface area contributed by atoms with Gasteiger partial charge >= 0.3 is 0 Å². The molecule has 0 heterocycles. The Morgan fingerprint density at radius 1 is 1.58 bits per heavy atom. The minimum absolute atomic E-state index is 0.0139. The summed E-state index contributed by atoms with van der Waals surface area (Å²) < 4.78 is 12.9. The molecule has 0 aliphatic heterocycles. The van der Waals surface area contributed by atoms with Crippen LogP contribution in [0.4, 0.5) is 4.39 Å². The summed E-state index contributed by atoms with van der Waals surface area (Å²) in [7, 11) is 0. The van der Waals surface area contributed by atoms with Gasteiger partial charge in [-0.15, -0.1) is 0 Å². The predicted molar refractivity (Wildman–Crippen MR) is 44.3 cm³/mol. The van der Waals surface area contributed by atoms with Gasteiger partial charge in [0.15, 0.2) is 0 Å². The molecular formula is C9H7FN2. The Hall–Kier alpha value is -1.82. The molecular weight excluding hydrogens is 155 g/mol. The van der Waals surface area contributed by atoms with Gasteiger partial charge in [0.05, 0.1) is 5.56 Å². The molecule has 0 aliphatic rings. The van der Waals surface area contributed by atoms with E-state index in [9.17, 15) is 4.39 Å². The van der Waals surface area contributed by atoms with Crippen LogP contribution >= 0.6 is 0 Å². The molecule has 0 unspecified atom stereocenters. The zero-order valence-corrected chi connectivity index (χ0v) is 6.34. The van der Waals surface area contributed by atoms with Gasteiger partial charge < -0.3 is 5.73 Å². The summed E-state index contributed by atoms with van der Waals surface area (Å²) in [4.78, 5) is 0. The van der Waals surface area contributed by atoms with E-state index in [2.05, 4.69) is 6.58 Å². The summed E-state index contributed by atoms with van der Waals surface area (Å²) >= 11 is 0. The van der Waals surface area contributed by atoms with Gasteiger partial charge in [-0.3, -0.25) is 0 Å². The molecule has 1 rings (SSSR count). The molecule has 0 fully saturated rings. The number of rotatable bonds is 1. The first kappa shape index (κ1) is 8.28. The maximum absolute atomic E-state index is 12.9. The van der Waals surface area contributed by atoms with Gasteiger partial charge in [-0.05, 0) is 17.7 Å². The number of hydrogen-bond donors (Lipinski definition) is 1. The van der Waals surface area contributed by atoms with E-state index < -0.39 is 5.82 Å². The highest BCUT2D eigenvalue weighted by Gasteiger charge is 2.02. The van der Waals surface area contributed by atoms with E-state index in [1.165, 1.54) is 12.1 Å². The second kappa shape index (κ2) is 3.05. The van der Waals surface area contributed by atoms with Crippen LogP contribution in [0.25, 0.3) is 5.70 Å². The molecule has 1 aromatic rings. The third-order valence-corrected chi connectivity index (χ3v) is 1.46. The first-order chi connectivity index (χ1) is 5.65. The number of benzene rings is 1. The van der Waals surface area contributed by atoms with Gasteiger partial charge in [-0.25, -0.2) is 4.39 Å². The lowest BCUT2D eigenvalue weighted by Gasteiger charge is -1.99. The van der Waals surface area contributed by atoms with Gasteiger partial charge in [-0.1, -0.05) is 12.6 Å². The molecule has 0 saturated heterocycles. The monoisotopic (exact) mass is 162 g/mol. The number of nitrogens with zero attached hydrogens (tertiary/aromatic N) is 1. The third kappa shape index (κ3) is 1.43. The lowest BCUT2D eigenvalue weighted by atomic mass is 10.1. The third-order valence-electron chi connectivity index (χ3n) is 1.46. The molecule has 0 aliphatic carbocycles. The van der Waals surface area contributed by atoms with Crippen LogP contribution < -0.4 is 5.73 Å². The topological polar surface area (TPSA) is 49.8 Å². The second-order valence-corrected chi connectivity index (χ2v) is 2.33. The van der Waals surface area contributed by atoms with Crippen LogP contribution in [0.15, 0.2) is 24.8 Å². The maximum Gasteiger partial charge on any atom is 0.141 e. The summed E-state index contributed by atoms with van der Waals surface area (Å²) in [5.41, 5.74) is 6.14. The summed E-state index contributed by atoms with van der Waals surface area (Å²) in [6.07, 6.45) is 0. The Morgan fingerprint density at radius 2 is 2.25 bits per heavy atom. The zero-order valence-electron chi connectivity index (χ0n) is 6.34. The van der Waals surface area contributed by atoms with Crippen molar-refractivity contribution in [2.45, 2.75) is 0 Å². The van der Waals surface area contributed by atoms with Crippen LogP contribution in [0, 0.1) is 17.1 Å². The normalized spacial score (nSPS) is 9.00. The van der Waals surface area contributed by atoms with Gasteiger partial charge in [0, 0.05) is 5.70 Å². The van der Waals surface area contributed by atoms with E-state index in [4.69, 9.17) is 11.0 Å². The highest BCUT2D eigenvalue weighted by Crippen LogP contribution is 2.12. The summed E-state index contributed by atoms with van der Waals surface area (Å²) in [6, 6.07) is 5.85. The van der Waals surface area contributed by atoms with Crippen molar-refractivity contribution in [3.8, 4) is 6.07 Å². The van der Waals surface area contributed by atoms with E-state index in [1.54, 1.807) is 12.1 Å². The highest BCUT2D eigenvalue weighted by atomic mass is 19.1. The van der Waals surface area contributed by atoms with Crippen LogP contribution in [-0.2, 0) is 0 Å². The summed E-state index contributed by atoms with van der Waals surface area (Å²) in [5.74, 6) is -0.568. The zero-order chi connectivity index (χ0) is 9.14. The molecule has 0 spiro atoms. The SMILES string of the molecule is C=C(N)c1ccc(C#N)c(F)c1. The van der Waals surface area contributed by atoms with Gasteiger partial charge in [-0.2, -0.15) is 5.26 Å². The Morgan fingerprint density at radius 3 is 2.67 bits per heavy atom. The van der Waals surface area contributed by atoms with Crippen LogP contribution in [0.1, 0.15) is 11.1 Å². The van der Waals surface area contributed by atoms with Gasteiger partial charge in [0.25, 0.3) is 0 Å². The molecule has 0 bridgehead atoms. The Labute approximate surface area is 69.7 Å². The largest absolute Gasteiger partial charge is 0.399 e. The Bertz CT molecular complexity index is 363. The van der Waals surface area contributed by atoms with Crippen molar-refractivity contribution in [2.75, 3.05) is 0 Å². The van der Waals surface area contributed by atoms with Crippen molar-refractivity contribution >= 4 is 5.70 Å². The fraction of sp³-hybridized carbons (Fsp3) is 0. The predicted octanol–water partition coefficient (Wildman–Crippen LogP) is 1.63. The molecule has 3 heteroatoms. The van der Waals surface area contributed by atoms with Crippen LogP contribution in [0.2, 0.25) is 0 Å².